The summed E-state index contributed by atoms with van der Waals surface area (Å²) in [6.45, 7) is 1.82. The molecule has 6 rings (SSSR count). The normalized spacial score (nSPS) is 18.7. The van der Waals surface area contributed by atoms with Gasteiger partial charge in [0.2, 0.25) is 0 Å². The molecule has 4 heterocycles. The van der Waals surface area contributed by atoms with Gasteiger partial charge in [0.15, 0.2) is 0 Å². The molecular formula is C25H25ClN4O. The lowest BCUT2D eigenvalue weighted by molar-refractivity contribution is 0.0871. The number of aromatic nitrogens is 3. The number of nitrogens with zero attached hydrogens (tertiary/aromatic N) is 4. The van der Waals surface area contributed by atoms with Crippen molar-refractivity contribution < 1.29 is 5.11 Å². The highest BCUT2D eigenvalue weighted by Crippen LogP contribution is 2.45. The van der Waals surface area contributed by atoms with Gasteiger partial charge in [-0.25, -0.2) is 4.98 Å². The highest BCUT2D eigenvalue weighted by atomic mass is 35.5. The quantitative estimate of drug-likeness (QED) is 0.471. The zero-order valence-electron chi connectivity index (χ0n) is 17.3. The lowest BCUT2D eigenvalue weighted by atomic mass is 9.86. The molecule has 158 valence electrons. The van der Waals surface area contributed by atoms with Crippen LogP contribution in [0.5, 0.6) is 0 Å². The van der Waals surface area contributed by atoms with Crippen molar-refractivity contribution in [3.8, 4) is 0 Å². The second-order valence-corrected chi connectivity index (χ2v) is 9.28. The summed E-state index contributed by atoms with van der Waals surface area (Å²) in [4.78, 5) is 11.2. The maximum atomic E-state index is 11.5. The van der Waals surface area contributed by atoms with Gasteiger partial charge in [0.05, 0.1) is 40.4 Å². The number of piperidine rings is 1. The van der Waals surface area contributed by atoms with E-state index < -0.39 is 6.10 Å². The Hall–Kier alpha value is -2.63. The Morgan fingerprint density at radius 1 is 1.03 bits per heavy atom. The first kappa shape index (κ1) is 19.1. The second kappa shape index (κ2) is 7.50. The molecule has 31 heavy (non-hydrogen) atoms. The lowest BCUT2D eigenvalue weighted by Crippen LogP contribution is -2.36. The maximum absolute atomic E-state index is 11.5. The summed E-state index contributed by atoms with van der Waals surface area (Å²) in [5.74, 6) is 0.822. The van der Waals surface area contributed by atoms with Gasteiger partial charge < -0.3 is 14.4 Å². The fraction of sp³-hybridized carbons (Fsp3) is 0.360. The van der Waals surface area contributed by atoms with E-state index in [0.29, 0.717) is 10.9 Å². The molecule has 0 spiro atoms. The summed E-state index contributed by atoms with van der Waals surface area (Å²) in [7, 11) is 0. The molecule has 0 amide bonds. The second-order valence-electron chi connectivity index (χ2n) is 8.87. The average Bonchev–Trinajstić information content (AvgIpc) is 3.55. The summed E-state index contributed by atoms with van der Waals surface area (Å²) in [6, 6.07) is 12.4. The Balaban J connectivity index is 1.27. The van der Waals surface area contributed by atoms with Gasteiger partial charge in [0, 0.05) is 30.4 Å². The van der Waals surface area contributed by atoms with Gasteiger partial charge in [-0.3, -0.25) is 4.98 Å². The number of fused-ring (bicyclic) bond motifs is 2. The number of pyridine rings is 2. The molecule has 5 nitrogen and oxygen atoms in total. The Bertz CT molecular complexity index is 1260. The number of aliphatic hydroxyl groups excluding tert-OH is 1. The van der Waals surface area contributed by atoms with E-state index in [1.54, 1.807) is 6.20 Å². The molecule has 1 aliphatic heterocycles. The van der Waals surface area contributed by atoms with Crippen LogP contribution in [-0.4, -0.2) is 32.6 Å². The molecule has 1 atom stereocenters. The van der Waals surface area contributed by atoms with Crippen LogP contribution in [-0.2, 0) is 0 Å². The Morgan fingerprint density at radius 3 is 2.68 bits per heavy atom. The molecule has 2 fully saturated rings. The minimum Gasteiger partial charge on any atom is -0.387 e. The summed E-state index contributed by atoms with van der Waals surface area (Å²) in [6.07, 6.45) is 9.36. The Kier molecular flexibility index (Phi) is 4.62. The van der Waals surface area contributed by atoms with E-state index in [2.05, 4.69) is 43.5 Å². The van der Waals surface area contributed by atoms with Crippen molar-refractivity contribution in [3.05, 3.63) is 71.4 Å². The van der Waals surface area contributed by atoms with Gasteiger partial charge in [-0.2, -0.15) is 0 Å². The molecule has 1 unspecified atom stereocenters. The fourth-order valence-corrected chi connectivity index (χ4v) is 5.37. The van der Waals surface area contributed by atoms with Crippen LogP contribution in [0.1, 0.15) is 49.0 Å². The maximum Gasteiger partial charge on any atom is 0.0995 e. The Labute approximate surface area is 186 Å². The summed E-state index contributed by atoms with van der Waals surface area (Å²) in [5, 5.41) is 13.3. The SMILES string of the molecule is OC(c1c(C2CC2)ccc2cncn12)C1CCN(c2ccc(Cl)c3ncccc23)CC1. The van der Waals surface area contributed by atoms with Gasteiger partial charge in [0.25, 0.3) is 0 Å². The first-order chi connectivity index (χ1) is 15.2. The number of hydrogen-bond acceptors (Lipinski definition) is 4. The van der Waals surface area contributed by atoms with Gasteiger partial charge in [-0.05, 0) is 73.4 Å². The van der Waals surface area contributed by atoms with Gasteiger partial charge in [0.1, 0.15) is 0 Å². The van der Waals surface area contributed by atoms with E-state index in [0.717, 1.165) is 48.0 Å². The molecule has 1 saturated carbocycles. The molecular weight excluding hydrogens is 408 g/mol. The molecule has 1 saturated heterocycles. The largest absolute Gasteiger partial charge is 0.387 e. The number of imidazole rings is 1. The standard InChI is InChI=1S/C25H25ClN4O/c26-21-7-8-22(20-2-1-11-28-23(20)21)29-12-9-17(10-13-29)25(31)24-19(16-3-4-16)6-5-18-14-27-15-30(18)24/h1-2,5-8,11,14-17,25,31H,3-4,9-10,12-13H2. The minimum absolute atomic E-state index is 0.235. The smallest absolute Gasteiger partial charge is 0.0995 e. The van der Waals surface area contributed by atoms with E-state index in [-0.39, 0.29) is 5.92 Å². The molecule has 0 radical (unpaired) electrons. The highest BCUT2D eigenvalue weighted by molar-refractivity contribution is 6.35. The van der Waals surface area contributed by atoms with Crippen LogP contribution in [0.4, 0.5) is 5.69 Å². The Morgan fingerprint density at radius 2 is 1.87 bits per heavy atom. The number of anilines is 1. The molecule has 4 aromatic rings. The summed E-state index contributed by atoms with van der Waals surface area (Å²) < 4.78 is 2.10. The van der Waals surface area contributed by atoms with Crippen molar-refractivity contribution in [2.45, 2.75) is 37.7 Å². The highest BCUT2D eigenvalue weighted by Gasteiger charge is 2.34. The van der Waals surface area contributed by atoms with Crippen molar-refractivity contribution >= 4 is 33.7 Å². The lowest BCUT2D eigenvalue weighted by Gasteiger charge is -2.36. The number of aliphatic hydroxyl groups is 1. The third-order valence-electron chi connectivity index (χ3n) is 6.98. The average molecular weight is 433 g/mol. The molecule has 0 bridgehead atoms. The van der Waals surface area contributed by atoms with Gasteiger partial charge in [-0.1, -0.05) is 17.7 Å². The topological polar surface area (TPSA) is 53.7 Å². The first-order valence-electron chi connectivity index (χ1n) is 11.1. The monoisotopic (exact) mass is 432 g/mol. The van der Waals surface area contributed by atoms with Crippen molar-refractivity contribution in [2.24, 2.45) is 5.92 Å². The fourth-order valence-electron chi connectivity index (χ4n) is 5.16. The van der Waals surface area contributed by atoms with Crippen molar-refractivity contribution in [1.82, 2.24) is 14.4 Å². The van der Waals surface area contributed by atoms with Crippen LogP contribution in [0.3, 0.4) is 0 Å². The van der Waals surface area contributed by atoms with Crippen molar-refractivity contribution in [3.63, 3.8) is 0 Å². The third kappa shape index (κ3) is 3.27. The van der Waals surface area contributed by atoms with Gasteiger partial charge >= 0.3 is 0 Å². The molecule has 2 aliphatic rings. The molecule has 1 aliphatic carbocycles. The summed E-state index contributed by atoms with van der Waals surface area (Å²) >= 11 is 6.36. The van der Waals surface area contributed by atoms with E-state index >= 15 is 0 Å². The van der Waals surface area contributed by atoms with E-state index in [4.69, 9.17) is 11.6 Å². The molecule has 1 N–H and O–H groups in total. The van der Waals surface area contributed by atoms with E-state index in [1.807, 2.05) is 24.7 Å². The van der Waals surface area contributed by atoms with E-state index in [1.165, 1.54) is 24.1 Å². The van der Waals surface area contributed by atoms with Crippen LogP contribution in [0.2, 0.25) is 5.02 Å². The van der Waals surface area contributed by atoms with Crippen LogP contribution < -0.4 is 4.90 Å². The van der Waals surface area contributed by atoms with Crippen LogP contribution in [0, 0.1) is 5.92 Å². The molecule has 3 aromatic heterocycles. The van der Waals surface area contributed by atoms with Crippen molar-refractivity contribution in [2.75, 3.05) is 18.0 Å². The number of hydrogen-bond donors (Lipinski definition) is 1. The van der Waals surface area contributed by atoms with Gasteiger partial charge in [-0.15, -0.1) is 0 Å². The number of rotatable bonds is 4. The molecule has 6 heteroatoms. The zero-order valence-corrected chi connectivity index (χ0v) is 18.0. The predicted molar refractivity (Wildman–Crippen MR) is 124 cm³/mol. The van der Waals surface area contributed by atoms with Crippen LogP contribution >= 0.6 is 11.6 Å². The van der Waals surface area contributed by atoms with E-state index in [9.17, 15) is 5.11 Å². The third-order valence-corrected chi connectivity index (χ3v) is 7.28. The van der Waals surface area contributed by atoms with Crippen LogP contribution in [0.15, 0.2) is 55.1 Å². The first-order valence-corrected chi connectivity index (χ1v) is 11.5. The van der Waals surface area contributed by atoms with Crippen molar-refractivity contribution in [1.29, 1.82) is 0 Å². The predicted octanol–water partition coefficient (Wildman–Crippen LogP) is 5.36. The number of halogens is 1. The number of benzene rings is 1. The zero-order chi connectivity index (χ0) is 20.9. The van der Waals surface area contributed by atoms with Crippen LogP contribution in [0.25, 0.3) is 16.4 Å². The summed E-state index contributed by atoms with van der Waals surface area (Å²) in [5.41, 5.74) is 5.43. The minimum atomic E-state index is -0.473. The molecule has 1 aromatic carbocycles.